The third-order valence-corrected chi connectivity index (χ3v) is 8.06. The molecular weight excluding hydrogens is 545 g/mol. The van der Waals surface area contributed by atoms with Gasteiger partial charge in [0.05, 0.1) is 0 Å². The number of rotatable bonds is 10. The summed E-state index contributed by atoms with van der Waals surface area (Å²) >= 11 is 0. The normalized spacial score (nSPS) is 15.3. The number of fused-ring (bicyclic) bond motifs is 1. The molecule has 1 aliphatic heterocycles. The fourth-order valence-electron chi connectivity index (χ4n) is 5.55. The fraction of sp³-hybridized carbons (Fsp3) is 0.353. The number of para-hydroxylation sites is 1. The number of carbonyl (C=O) groups is 2. The Balaban J connectivity index is 1.29. The second kappa shape index (κ2) is 13.7. The van der Waals surface area contributed by atoms with E-state index in [0.717, 1.165) is 35.0 Å². The lowest BCUT2D eigenvalue weighted by atomic mass is 9.92. The Morgan fingerprint density at radius 1 is 1.05 bits per heavy atom. The Kier molecular flexibility index (Phi) is 9.61. The minimum Gasteiger partial charge on any atom is -0.490 e. The van der Waals surface area contributed by atoms with Crippen molar-refractivity contribution in [1.29, 1.82) is 0 Å². The van der Waals surface area contributed by atoms with Gasteiger partial charge in [-0.3, -0.25) is 4.79 Å². The summed E-state index contributed by atoms with van der Waals surface area (Å²) in [4.78, 5) is 34.5. The van der Waals surface area contributed by atoms with Crippen LogP contribution in [0.5, 0.6) is 5.75 Å². The van der Waals surface area contributed by atoms with Crippen molar-refractivity contribution >= 4 is 28.5 Å². The van der Waals surface area contributed by atoms with E-state index >= 15 is 0 Å². The van der Waals surface area contributed by atoms with Crippen LogP contribution in [0.15, 0.2) is 79.0 Å². The molecule has 1 aromatic heterocycles. The number of anilines is 1. The molecule has 0 aliphatic carbocycles. The highest BCUT2D eigenvalue weighted by atomic mass is 19.1. The number of nitrogens with zero attached hydrogens (tertiary/aromatic N) is 2. The van der Waals surface area contributed by atoms with E-state index in [2.05, 4.69) is 26.6 Å². The molecule has 2 heterocycles. The molecule has 1 fully saturated rings. The smallest absolute Gasteiger partial charge is 0.318 e. The quantitative estimate of drug-likeness (QED) is 0.220. The van der Waals surface area contributed by atoms with E-state index in [9.17, 15) is 14.0 Å². The molecule has 0 unspecified atom stereocenters. The van der Waals surface area contributed by atoms with Gasteiger partial charge in [-0.15, -0.1) is 0 Å². The van der Waals surface area contributed by atoms with Gasteiger partial charge in [0.1, 0.15) is 23.7 Å². The van der Waals surface area contributed by atoms with Crippen molar-refractivity contribution in [1.82, 2.24) is 20.1 Å². The van der Waals surface area contributed by atoms with Crippen molar-refractivity contribution in [2.45, 2.75) is 44.2 Å². The molecule has 0 radical (unpaired) electrons. The number of carbonyl (C=O) groups excluding carboxylic acids is 2. The summed E-state index contributed by atoms with van der Waals surface area (Å²) in [5, 5.41) is 7.14. The van der Waals surface area contributed by atoms with Crippen molar-refractivity contribution in [2.75, 3.05) is 39.0 Å². The largest absolute Gasteiger partial charge is 0.490 e. The van der Waals surface area contributed by atoms with Gasteiger partial charge in [-0.05, 0) is 74.1 Å². The third kappa shape index (κ3) is 7.73. The number of aromatic amines is 1. The first-order chi connectivity index (χ1) is 20.8. The lowest BCUT2D eigenvalue weighted by Crippen LogP contribution is -2.53. The number of piperidine rings is 1. The number of H-pyrrole nitrogens is 1. The van der Waals surface area contributed by atoms with Crippen molar-refractivity contribution in [3.63, 3.8) is 0 Å². The van der Waals surface area contributed by atoms with Crippen LogP contribution in [0.4, 0.5) is 14.9 Å². The Labute approximate surface area is 252 Å². The predicted octanol–water partition coefficient (Wildman–Crippen LogP) is 5.77. The predicted molar refractivity (Wildman–Crippen MR) is 168 cm³/mol. The van der Waals surface area contributed by atoms with Crippen LogP contribution in [0.25, 0.3) is 10.9 Å². The van der Waals surface area contributed by atoms with Gasteiger partial charge >= 0.3 is 6.03 Å². The monoisotopic (exact) mass is 585 g/mol. The zero-order valence-electron chi connectivity index (χ0n) is 25.0. The van der Waals surface area contributed by atoms with Crippen LogP contribution in [0.1, 0.15) is 36.8 Å². The summed E-state index contributed by atoms with van der Waals surface area (Å²) in [5.74, 6) is -0.280. The molecule has 2 atom stereocenters. The highest BCUT2D eigenvalue weighted by Crippen LogP contribution is 2.29. The Morgan fingerprint density at radius 2 is 1.79 bits per heavy atom. The molecule has 43 heavy (non-hydrogen) atoms. The Bertz CT molecular complexity index is 1530. The summed E-state index contributed by atoms with van der Waals surface area (Å²) in [6.45, 7) is 3.85. The molecule has 1 aliphatic rings. The molecule has 0 spiro atoms. The second-order valence-corrected chi connectivity index (χ2v) is 11.5. The zero-order valence-corrected chi connectivity index (χ0v) is 25.0. The zero-order chi connectivity index (χ0) is 30.3. The molecule has 5 rings (SSSR count). The van der Waals surface area contributed by atoms with Gasteiger partial charge in [-0.1, -0.05) is 37.3 Å². The maximum absolute atomic E-state index is 13.9. The van der Waals surface area contributed by atoms with Crippen LogP contribution in [-0.2, 0) is 11.2 Å². The number of benzene rings is 3. The molecule has 226 valence electrons. The highest BCUT2D eigenvalue weighted by molar-refractivity contribution is 5.98. The lowest BCUT2D eigenvalue weighted by Gasteiger charge is -2.34. The molecule has 3 N–H and O–H groups in total. The molecule has 0 bridgehead atoms. The van der Waals surface area contributed by atoms with Crippen LogP contribution in [-0.4, -0.2) is 72.6 Å². The van der Waals surface area contributed by atoms with Gasteiger partial charge in [-0.25, -0.2) is 9.18 Å². The van der Waals surface area contributed by atoms with E-state index in [1.54, 1.807) is 17.0 Å². The summed E-state index contributed by atoms with van der Waals surface area (Å²) < 4.78 is 19.2. The number of hydrogen-bond acceptors (Lipinski definition) is 4. The molecule has 8 nitrogen and oxygen atoms in total. The number of halogens is 1. The lowest BCUT2D eigenvalue weighted by molar-refractivity contribution is -0.118. The maximum Gasteiger partial charge on any atom is 0.318 e. The van der Waals surface area contributed by atoms with Crippen LogP contribution in [0, 0.1) is 5.82 Å². The first-order valence-corrected chi connectivity index (χ1v) is 14.8. The van der Waals surface area contributed by atoms with E-state index in [1.807, 2.05) is 69.7 Å². The number of likely N-dealkylation sites (N-methyl/N-ethyl adjacent to an activating group) is 1. The highest BCUT2D eigenvalue weighted by Gasteiger charge is 2.32. The average molecular weight is 586 g/mol. The minimum atomic E-state index is -0.815. The molecule has 9 heteroatoms. The number of aromatic nitrogens is 1. The van der Waals surface area contributed by atoms with Crippen molar-refractivity contribution in [2.24, 2.45) is 0 Å². The number of urea groups is 1. The van der Waals surface area contributed by atoms with Gasteiger partial charge in [0.15, 0.2) is 0 Å². The molecule has 1 saturated heterocycles. The number of likely N-dealkylation sites (tertiary alicyclic amines) is 1. The van der Waals surface area contributed by atoms with Crippen LogP contribution in [0.2, 0.25) is 0 Å². The summed E-state index contributed by atoms with van der Waals surface area (Å²) in [6, 6.07) is 20.7. The number of ether oxygens (including phenoxy) is 1. The van der Waals surface area contributed by atoms with E-state index in [-0.39, 0.29) is 29.8 Å². The first kappa shape index (κ1) is 30.1. The second-order valence-electron chi connectivity index (χ2n) is 11.5. The Hall–Kier alpha value is -4.37. The van der Waals surface area contributed by atoms with Crippen LogP contribution in [0.3, 0.4) is 0 Å². The molecule has 3 amide bonds. The summed E-state index contributed by atoms with van der Waals surface area (Å²) in [6.07, 6.45) is 3.99. The van der Waals surface area contributed by atoms with Crippen LogP contribution < -0.4 is 15.4 Å². The number of hydrogen-bond donors (Lipinski definition) is 3. The van der Waals surface area contributed by atoms with Gasteiger partial charge in [-0.2, -0.15) is 0 Å². The van der Waals surface area contributed by atoms with E-state index in [0.29, 0.717) is 37.4 Å². The molecular formula is C34H40FN5O3. The standard InChI is InChI=1S/C34H40FN5O3/c1-23(30-22-36-31-10-5-4-9-29(30)31)32(33(41)37-26-8-6-7-24(21-26)15-18-39(2)3)38-34(42)40-19-16-28(17-20-40)43-27-13-11-25(35)12-14-27/h4-14,21-23,28,32,36H,15-20H2,1-3H3,(H,37,41)(H,38,42)/t23-,32+/m0/s1. The SMILES string of the molecule is C[C@@H](c1c[nH]c2ccccc12)[C@@H](NC(=O)N1CCC(Oc2ccc(F)cc2)CC1)C(=O)Nc1cccc(CCN(C)C)c1. The van der Waals surface area contributed by atoms with Gasteiger partial charge in [0.25, 0.3) is 0 Å². The Morgan fingerprint density at radius 3 is 2.53 bits per heavy atom. The fourth-order valence-corrected chi connectivity index (χ4v) is 5.55. The van der Waals surface area contributed by atoms with Gasteiger partial charge in [0, 0.05) is 61.2 Å². The summed E-state index contributed by atoms with van der Waals surface area (Å²) in [7, 11) is 4.07. The first-order valence-electron chi connectivity index (χ1n) is 14.8. The van der Waals surface area contributed by atoms with Gasteiger partial charge in [0.2, 0.25) is 5.91 Å². The van der Waals surface area contributed by atoms with E-state index < -0.39 is 6.04 Å². The number of nitrogens with one attached hydrogen (secondary N) is 3. The van der Waals surface area contributed by atoms with E-state index in [1.165, 1.54) is 12.1 Å². The maximum atomic E-state index is 13.9. The molecule has 0 saturated carbocycles. The molecule has 3 aromatic carbocycles. The summed E-state index contributed by atoms with van der Waals surface area (Å²) in [5.41, 5.74) is 3.77. The van der Waals surface area contributed by atoms with Crippen molar-refractivity contribution in [3.8, 4) is 5.75 Å². The minimum absolute atomic E-state index is 0.0708. The van der Waals surface area contributed by atoms with E-state index in [4.69, 9.17) is 4.74 Å². The average Bonchev–Trinajstić information content (AvgIpc) is 3.44. The van der Waals surface area contributed by atoms with Crippen molar-refractivity contribution < 1.29 is 18.7 Å². The molecule has 4 aromatic rings. The topological polar surface area (TPSA) is 89.7 Å². The van der Waals surface area contributed by atoms with Crippen molar-refractivity contribution in [3.05, 3.63) is 95.9 Å². The van der Waals surface area contributed by atoms with Crippen LogP contribution >= 0.6 is 0 Å². The van der Waals surface area contributed by atoms with Gasteiger partial charge < -0.3 is 30.2 Å². The number of amides is 3. The third-order valence-electron chi connectivity index (χ3n) is 8.06.